The number of anilines is 1. The monoisotopic (exact) mass is 492 g/mol. The molecule has 0 radical (unpaired) electrons. The lowest BCUT2D eigenvalue weighted by molar-refractivity contribution is -0.132. The molecule has 2 amide bonds. The molecule has 3 aromatic rings. The number of fused-ring (bicyclic) bond motifs is 1. The van der Waals surface area contributed by atoms with Gasteiger partial charge in [0, 0.05) is 18.3 Å². The van der Waals surface area contributed by atoms with Crippen molar-refractivity contribution in [3.8, 4) is 0 Å². The quantitative estimate of drug-likeness (QED) is 0.343. The van der Waals surface area contributed by atoms with Gasteiger partial charge in [-0.2, -0.15) is 0 Å². The van der Waals surface area contributed by atoms with E-state index in [1.165, 1.54) is 11.8 Å². The fourth-order valence-electron chi connectivity index (χ4n) is 4.57. The van der Waals surface area contributed by atoms with Crippen molar-refractivity contribution in [1.82, 2.24) is 14.5 Å². The number of carbonyl (C=O) groups excluding carboxylic acids is 2. The third kappa shape index (κ3) is 5.93. The Kier molecular flexibility index (Phi) is 8.23. The van der Waals surface area contributed by atoms with Gasteiger partial charge in [-0.25, -0.2) is 4.98 Å². The smallest absolute Gasteiger partial charge is 0.262 e. The van der Waals surface area contributed by atoms with Gasteiger partial charge in [0.25, 0.3) is 5.56 Å². The molecule has 8 heteroatoms. The van der Waals surface area contributed by atoms with E-state index in [4.69, 9.17) is 4.98 Å². The van der Waals surface area contributed by atoms with Crippen molar-refractivity contribution in [3.05, 3.63) is 64.4 Å². The molecule has 1 fully saturated rings. The Labute approximate surface area is 209 Å². The highest BCUT2D eigenvalue weighted by atomic mass is 32.2. The van der Waals surface area contributed by atoms with Gasteiger partial charge >= 0.3 is 0 Å². The molecule has 1 aromatic heterocycles. The zero-order valence-electron chi connectivity index (χ0n) is 20.3. The minimum atomic E-state index is -0.224. The standard InChI is InChI=1S/C27H32N4O3S/c1-3-16-30(17-24(32)28-22-14-8-4-10-19(22)2)25(33)18-35-27-29-23-15-9-7-13-21(23)26(34)31(27)20-11-5-6-12-20/h4,7-10,13-15,20H,3,5-6,11-12,16-18H2,1-2H3,(H,28,32). The number of hydrogen-bond acceptors (Lipinski definition) is 5. The van der Waals surface area contributed by atoms with Crippen LogP contribution in [-0.4, -0.2) is 45.1 Å². The first-order chi connectivity index (χ1) is 17.0. The minimum Gasteiger partial charge on any atom is -0.333 e. The maximum atomic E-state index is 13.3. The van der Waals surface area contributed by atoms with Crippen molar-refractivity contribution in [1.29, 1.82) is 0 Å². The van der Waals surface area contributed by atoms with Crippen molar-refractivity contribution in [2.75, 3.05) is 24.2 Å². The molecule has 1 heterocycles. The lowest BCUT2D eigenvalue weighted by Crippen LogP contribution is -2.39. The van der Waals surface area contributed by atoms with Crippen molar-refractivity contribution in [3.63, 3.8) is 0 Å². The molecule has 1 aliphatic carbocycles. The molecule has 35 heavy (non-hydrogen) atoms. The van der Waals surface area contributed by atoms with Crippen LogP contribution in [0.25, 0.3) is 10.9 Å². The third-order valence-electron chi connectivity index (χ3n) is 6.39. The Balaban J connectivity index is 1.50. The van der Waals surface area contributed by atoms with Crippen LogP contribution in [0.2, 0.25) is 0 Å². The van der Waals surface area contributed by atoms with Gasteiger partial charge in [0.05, 0.1) is 23.2 Å². The molecule has 0 saturated heterocycles. The summed E-state index contributed by atoms with van der Waals surface area (Å²) in [5.41, 5.74) is 2.32. The van der Waals surface area contributed by atoms with Gasteiger partial charge in [0.1, 0.15) is 0 Å². The van der Waals surface area contributed by atoms with Crippen LogP contribution in [0.4, 0.5) is 5.69 Å². The zero-order valence-corrected chi connectivity index (χ0v) is 21.1. The summed E-state index contributed by atoms with van der Waals surface area (Å²) in [6.45, 7) is 4.39. The number of nitrogens with zero attached hydrogens (tertiary/aromatic N) is 3. The maximum absolute atomic E-state index is 13.3. The number of benzene rings is 2. The van der Waals surface area contributed by atoms with Gasteiger partial charge in [-0.15, -0.1) is 0 Å². The van der Waals surface area contributed by atoms with Crippen LogP contribution in [0.15, 0.2) is 58.5 Å². The Bertz CT molecular complexity index is 1270. The van der Waals surface area contributed by atoms with Gasteiger partial charge in [-0.05, 0) is 49.9 Å². The average molecular weight is 493 g/mol. The van der Waals surface area contributed by atoms with E-state index in [1.54, 1.807) is 9.47 Å². The molecule has 2 aromatic carbocycles. The van der Waals surface area contributed by atoms with E-state index in [2.05, 4.69) is 5.32 Å². The Hall–Kier alpha value is -3.13. The SMILES string of the molecule is CCCN(CC(=O)Nc1ccccc1C)C(=O)CSc1nc2ccccc2c(=O)n1C1CCCC1. The molecule has 4 rings (SSSR count). The van der Waals surface area contributed by atoms with E-state index in [0.29, 0.717) is 22.6 Å². The van der Waals surface area contributed by atoms with Crippen LogP contribution in [0, 0.1) is 6.92 Å². The highest BCUT2D eigenvalue weighted by Gasteiger charge is 2.24. The van der Waals surface area contributed by atoms with Crippen molar-refractivity contribution >= 4 is 40.2 Å². The second-order valence-corrected chi connectivity index (χ2v) is 9.93. The number of rotatable bonds is 9. The first-order valence-electron chi connectivity index (χ1n) is 12.2. The fourth-order valence-corrected chi connectivity index (χ4v) is 5.54. The van der Waals surface area contributed by atoms with E-state index in [1.807, 2.05) is 62.4 Å². The molecule has 0 bridgehead atoms. The number of amides is 2. The summed E-state index contributed by atoms with van der Waals surface area (Å²) in [7, 11) is 0. The number of aryl methyl sites for hydroxylation is 1. The van der Waals surface area contributed by atoms with Crippen LogP contribution in [-0.2, 0) is 9.59 Å². The van der Waals surface area contributed by atoms with Gasteiger partial charge < -0.3 is 10.2 Å². The number of carbonyl (C=O) groups is 2. The third-order valence-corrected chi connectivity index (χ3v) is 7.33. The summed E-state index contributed by atoms with van der Waals surface area (Å²) in [4.78, 5) is 45.5. The minimum absolute atomic E-state index is 0.0118. The predicted molar refractivity (Wildman–Crippen MR) is 141 cm³/mol. The summed E-state index contributed by atoms with van der Waals surface area (Å²) in [6.07, 6.45) is 4.82. The molecular weight excluding hydrogens is 460 g/mol. The molecule has 0 unspecified atom stereocenters. The summed E-state index contributed by atoms with van der Waals surface area (Å²) in [5, 5.41) is 4.09. The van der Waals surface area contributed by atoms with Gasteiger partial charge in [0.2, 0.25) is 11.8 Å². The number of nitrogens with one attached hydrogen (secondary N) is 1. The van der Waals surface area contributed by atoms with Crippen molar-refractivity contribution in [2.24, 2.45) is 0 Å². The summed E-state index contributed by atoms with van der Waals surface area (Å²) >= 11 is 1.29. The molecular formula is C27H32N4O3S. The normalized spacial score (nSPS) is 13.8. The topological polar surface area (TPSA) is 84.3 Å². The van der Waals surface area contributed by atoms with Crippen LogP contribution in [0.5, 0.6) is 0 Å². The highest BCUT2D eigenvalue weighted by molar-refractivity contribution is 7.99. The van der Waals surface area contributed by atoms with Crippen molar-refractivity contribution in [2.45, 2.75) is 57.1 Å². The van der Waals surface area contributed by atoms with E-state index in [9.17, 15) is 14.4 Å². The first-order valence-corrected chi connectivity index (χ1v) is 13.2. The van der Waals surface area contributed by atoms with Crippen LogP contribution in [0.1, 0.15) is 50.6 Å². The fraction of sp³-hybridized carbons (Fsp3) is 0.407. The molecule has 0 atom stereocenters. The van der Waals surface area contributed by atoms with E-state index in [-0.39, 0.29) is 35.7 Å². The molecule has 184 valence electrons. The zero-order chi connectivity index (χ0) is 24.8. The van der Waals surface area contributed by atoms with E-state index >= 15 is 0 Å². The molecule has 1 saturated carbocycles. The van der Waals surface area contributed by atoms with Gasteiger partial charge in [-0.3, -0.25) is 19.0 Å². The van der Waals surface area contributed by atoms with E-state index < -0.39 is 0 Å². The van der Waals surface area contributed by atoms with Crippen LogP contribution < -0.4 is 10.9 Å². The number of thioether (sulfide) groups is 1. The molecule has 1 aliphatic rings. The number of para-hydroxylation sites is 2. The van der Waals surface area contributed by atoms with Crippen LogP contribution >= 0.6 is 11.8 Å². The first kappa shape index (κ1) is 25.0. The van der Waals surface area contributed by atoms with Crippen molar-refractivity contribution < 1.29 is 9.59 Å². The van der Waals surface area contributed by atoms with Gasteiger partial charge in [-0.1, -0.05) is 61.9 Å². The summed E-state index contributed by atoms with van der Waals surface area (Å²) in [5.74, 6) is -0.246. The van der Waals surface area contributed by atoms with Crippen LogP contribution in [0.3, 0.4) is 0 Å². The average Bonchev–Trinajstić information content (AvgIpc) is 3.38. The maximum Gasteiger partial charge on any atom is 0.262 e. The molecule has 7 nitrogen and oxygen atoms in total. The number of aromatic nitrogens is 2. The summed E-state index contributed by atoms with van der Waals surface area (Å²) < 4.78 is 1.79. The Morgan fingerprint density at radius 3 is 2.57 bits per heavy atom. The Morgan fingerprint density at radius 1 is 1.11 bits per heavy atom. The second-order valence-electron chi connectivity index (χ2n) is 8.99. The van der Waals surface area contributed by atoms with Gasteiger partial charge in [0.15, 0.2) is 5.16 Å². The summed E-state index contributed by atoms with van der Waals surface area (Å²) in [6, 6.07) is 15.0. The lowest BCUT2D eigenvalue weighted by atomic mass is 10.2. The lowest BCUT2D eigenvalue weighted by Gasteiger charge is -2.23. The van der Waals surface area contributed by atoms with E-state index in [0.717, 1.165) is 43.4 Å². The second kappa shape index (κ2) is 11.5. The largest absolute Gasteiger partial charge is 0.333 e. The number of hydrogen-bond donors (Lipinski definition) is 1. The molecule has 1 N–H and O–H groups in total. The Morgan fingerprint density at radius 2 is 1.83 bits per heavy atom. The molecule has 0 aliphatic heterocycles. The predicted octanol–water partition coefficient (Wildman–Crippen LogP) is 4.79. The highest BCUT2D eigenvalue weighted by Crippen LogP contribution is 2.32. The molecule has 0 spiro atoms.